The van der Waals surface area contributed by atoms with Gasteiger partial charge in [0.1, 0.15) is 11.6 Å². The topological polar surface area (TPSA) is 107 Å². The predicted molar refractivity (Wildman–Crippen MR) is 76.9 cm³/mol. The van der Waals surface area contributed by atoms with E-state index in [1.165, 1.54) is 18.3 Å². The van der Waals surface area contributed by atoms with Crippen LogP contribution < -0.4 is 11.1 Å². The zero-order chi connectivity index (χ0) is 14.7. The van der Waals surface area contributed by atoms with Crippen LogP contribution in [0, 0.1) is 10.1 Å². The van der Waals surface area contributed by atoms with E-state index in [2.05, 4.69) is 15.3 Å². The number of nitrogens with two attached hydrogens (primary N) is 1. The van der Waals surface area contributed by atoms with Crippen LogP contribution in [0.25, 0.3) is 0 Å². The molecule has 2 aromatic rings. The lowest BCUT2D eigenvalue weighted by Gasteiger charge is -2.09. The molecular weight excluding hydrogens is 305 g/mol. The Balaban J connectivity index is 2.20. The fourth-order valence-electron chi connectivity index (χ4n) is 1.50. The van der Waals surface area contributed by atoms with Crippen molar-refractivity contribution in [1.82, 2.24) is 9.97 Å². The number of benzene rings is 1. The van der Waals surface area contributed by atoms with Gasteiger partial charge in [0.2, 0.25) is 0 Å². The molecule has 0 unspecified atom stereocenters. The highest BCUT2D eigenvalue weighted by Gasteiger charge is 2.14. The van der Waals surface area contributed by atoms with Gasteiger partial charge in [0.15, 0.2) is 0 Å². The maximum absolute atomic E-state index is 10.7. The van der Waals surface area contributed by atoms with Gasteiger partial charge in [-0.15, -0.1) is 0 Å². The first-order valence-electron chi connectivity index (χ1n) is 5.42. The first-order valence-corrected chi connectivity index (χ1v) is 6.17. The van der Waals surface area contributed by atoms with Crippen molar-refractivity contribution >= 4 is 40.4 Å². The highest BCUT2D eigenvalue weighted by atomic mass is 35.5. The molecule has 2 rings (SSSR count). The molecule has 20 heavy (non-hydrogen) atoms. The Morgan fingerprint density at radius 2 is 2.00 bits per heavy atom. The molecule has 1 heterocycles. The predicted octanol–water partition coefficient (Wildman–Crippen LogP) is 2.89. The van der Waals surface area contributed by atoms with Crippen molar-refractivity contribution in [2.45, 2.75) is 6.54 Å². The monoisotopic (exact) mass is 313 g/mol. The fraction of sp³-hybridized carbons (Fsp3) is 0.0909. The average Bonchev–Trinajstić information content (AvgIpc) is 2.37. The number of nitrogens with one attached hydrogen (secondary N) is 1. The fourth-order valence-corrected chi connectivity index (χ4v) is 2.11. The highest BCUT2D eigenvalue weighted by molar-refractivity contribution is 6.39. The summed E-state index contributed by atoms with van der Waals surface area (Å²) in [6.07, 6.45) is 1.53. The zero-order valence-electron chi connectivity index (χ0n) is 10.0. The third-order valence-electron chi connectivity index (χ3n) is 2.39. The molecule has 1 aromatic carbocycles. The number of rotatable bonds is 4. The van der Waals surface area contributed by atoms with Crippen LogP contribution in [0.2, 0.25) is 10.0 Å². The van der Waals surface area contributed by atoms with Crippen LogP contribution in [0.4, 0.5) is 17.2 Å². The van der Waals surface area contributed by atoms with Gasteiger partial charge in [-0.3, -0.25) is 10.1 Å². The molecule has 9 heteroatoms. The SMILES string of the molecule is Nc1ccnc(CNc2c(Cl)cc([N+](=O)[O-])cc2Cl)n1. The maximum Gasteiger partial charge on any atom is 0.272 e. The third-order valence-corrected chi connectivity index (χ3v) is 2.98. The quantitative estimate of drug-likeness (QED) is 0.663. The molecule has 0 bridgehead atoms. The molecule has 0 aliphatic heterocycles. The Bertz CT molecular complexity index is 642. The highest BCUT2D eigenvalue weighted by Crippen LogP contribution is 2.34. The van der Waals surface area contributed by atoms with E-state index in [4.69, 9.17) is 28.9 Å². The molecule has 7 nitrogen and oxygen atoms in total. The van der Waals surface area contributed by atoms with E-state index in [0.717, 1.165) is 0 Å². The molecule has 0 saturated carbocycles. The van der Waals surface area contributed by atoms with E-state index in [9.17, 15) is 10.1 Å². The van der Waals surface area contributed by atoms with Crippen molar-refractivity contribution in [3.63, 3.8) is 0 Å². The van der Waals surface area contributed by atoms with Crippen LogP contribution in [-0.4, -0.2) is 14.9 Å². The van der Waals surface area contributed by atoms with Crippen molar-refractivity contribution in [2.24, 2.45) is 0 Å². The number of hydrogen-bond acceptors (Lipinski definition) is 6. The van der Waals surface area contributed by atoms with Gasteiger partial charge in [0, 0.05) is 18.3 Å². The Morgan fingerprint density at radius 1 is 1.35 bits per heavy atom. The molecule has 104 valence electrons. The van der Waals surface area contributed by atoms with E-state index in [-0.39, 0.29) is 22.3 Å². The molecule has 0 amide bonds. The second-order valence-electron chi connectivity index (χ2n) is 3.79. The van der Waals surface area contributed by atoms with Crippen LogP contribution in [-0.2, 0) is 6.54 Å². The van der Waals surface area contributed by atoms with Crippen LogP contribution in [0.5, 0.6) is 0 Å². The molecule has 0 radical (unpaired) electrons. The Labute approximate surface area is 123 Å². The summed E-state index contributed by atoms with van der Waals surface area (Å²) in [7, 11) is 0. The first kappa shape index (κ1) is 14.3. The number of anilines is 2. The number of nitro groups is 1. The minimum absolute atomic E-state index is 0.146. The number of nitrogen functional groups attached to an aromatic ring is 1. The van der Waals surface area contributed by atoms with Crippen molar-refractivity contribution in [3.8, 4) is 0 Å². The number of aromatic nitrogens is 2. The second-order valence-corrected chi connectivity index (χ2v) is 4.61. The van der Waals surface area contributed by atoms with Gasteiger partial charge in [0.05, 0.1) is 27.2 Å². The molecule has 1 aromatic heterocycles. The van der Waals surface area contributed by atoms with Crippen LogP contribution in [0.15, 0.2) is 24.4 Å². The minimum atomic E-state index is -0.567. The summed E-state index contributed by atoms with van der Waals surface area (Å²) in [4.78, 5) is 18.1. The summed E-state index contributed by atoms with van der Waals surface area (Å²) in [5.41, 5.74) is 5.74. The lowest BCUT2D eigenvalue weighted by molar-refractivity contribution is -0.384. The minimum Gasteiger partial charge on any atom is -0.384 e. The summed E-state index contributed by atoms with van der Waals surface area (Å²) >= 11 is 11.9. The number of nitrogens with zero attached hydrogens (tertiary/aromatic N) is 3. The molecule has 0 fully saturated rings. The van der Waals surface area contributed by atoms with Crippen molar-refractivity contribution < 1.29 is 4.92 Å². The van der Waals surface area contributed by atoms with Crippen molar-refractivity contribution in [2.75, 3.05) is 11.1 Å². The van der Waals surface area contributed by atoms with E-state index in [1.54, 1.807) is 6.07 Å². The number of non-ortho nitro benzene ring substituents is 1. The smallest absolute Gasteiger partial charge is 0.272 e. The molecule has 0 aliphatic rings. The van der Waals surface area contributed by atoms with Gasteiger partial charge in [-0.1, -0.05) is 23.2 Å². The zero-order valence-corrected chi connectivity index (χ0v) is 11.5. The van der Waals surface area contributed by atoms with E-state index in [0.29, 0.717) is 17.3 Å². The van der Waals surface area contributed by atoms with Crippen LogP contribution >= 0.6 is 23.2 Å². The molecule has 0 spiro atoms. The van der Waals surface area contributed by atoms with Gasteiger partial charge < -0.3 is 11.1 Å². The standard InChI is InChI=1S/C11H9Cl2N5O2/c12-7-3-6(18(19)20)4-8(13)11(7)16-5-10-15-2-1-9(14)17-10/h1-4,16H,5H2,(H2,14,15,17). The lowest BCUT2D eigenvalue weighted by atomic mass is 10.2. The number of halogens is 2. The molecule has 3 N–H and O–H groups in total. The van der Waals surface area contributed by atoms with Crippen LogP contribution in [0.1, 0.15) is 5.82 Å². The summed E-state index contributed by atoms with van der Waals surface area (Å²) in [6, 6.07) is 4.00. The van der Waals surface area contributed by atoms with E-state index >= 15 is 0 Å². The van der Waals surface area contributed by atoms with Gasteiger partial charge in [-0.05, 0) is 6.07 Å². The Kier molecular flexibility index (Phi) is 4.21. The summed E-state index contributed by atoms with van der Waals surface area (Å²) in [6.45, 7) is 0.238. The van der Waals surface area contributed by atoms with E-state index in [1.807, 2.05) is 0 Å². The molecular formula is C11H9Cl2N5O2. The Morgan fingerprint density at radius 3 is 2.55 bits per heavy atom. The molecule has 0 aliphatic carbocycles. The number of hydrogen-bond donors (Lipinski definition) is 2. The molecule has 0 saturated heterocycles. The Hall–Kier alpha value is -2.12. The van der Waals surface area contributed by atoms with E-state index < -0.39 is 4.92 Å². The maximum atomic E-state index is 10.7. The summed E-state index contributed by atoms with van der Waals surface area (Å²) in [5.74, 6) is 0.799. The lowest BCUT2D eigenvalue weighted by Crippen LogP contribution is -2.06. The third kappa shape index (κ3) is 3.25. The first-order chi connectivity index (χ1) is 9.47. The largest absolute Gasteiger partial charge is 0.384 e. The average molecular weight is 314 g/mol. The van der Waals surface area contributed by atoms with Gasteiger partial charge >= 0.3 is 0 Å². The normalized spacial score (nSPS) is 10.3. The van der Waals surface area contributed by atoms with Gasteiger partial charge in [-0.25, -0.2) is 9.97 Å². The molecule has 0 atom stereocenters. The summed E-state index contributed by atoms with van der Waals surface area (Å²) < 4.78 is 0. The van der Waals surface area contributed by atoms with Gasteiger partial charge in [-0.2, -0.15) is 0 Å². The second kappa shape index (κ2) is 5.89. The van der Waals surface area contributed by atoms with Crippen LogP contribution in [0.3, 0.4) is 0 Å². The van der Waals surface area contributed by atoms with Gasteiger partial charge in [0.25, 0.3) is 5.69 Å². The van der Waals surface area contributed by atoms with Crippen molar-refractivity contribution in [1.29, 1.82) is 0 Å². The summed E-state index contributed by atoms with van der Waals surface area (Å²) in [5, 5.41) is 13.9. The number of nitro benzene ring substituents is 1. The van der Waals surface area contributed by atoms with Crippen molar-refractivity contribution in [3.05, 3.63) is 50.4 Å².